The summed E-state index contributed by atoms with van der Waals surface area (Å²) in [5, 5.41) is 17.8. The van der Waals surface area contributed by atoms with Crippen molar-refractivity contribution in [1.29, 1.82) is 5.26 Å². The maximum atomic E-state index is 12.2. The number of nitrogens with zero attached hydrogens (tertiary/aromatic N) is 3. The number of aromatic hydroxyl groups is 1. The monoisotopic (exact) mass is 259 g/mol. The van der Waals surface area contributed by atoms with Gasteiger partial charge in [0.25, 0.3) is 5.91 Å². The minimum atomic E-state index is -0.0000619. The fourth-order valence-corrected chi connectivity index (χ4v) is 2.17. The number of carbonyl (C=O) groups is 1. The first-order valence-electron chi connectivity index (χ1n) is 6.38. The van der Waals surface area contributed by atoms with Gasteiger partial charge in [0, 0.05) is 44.7 Å². The van der Waals surface area contributed by atoms with Gasteiger partial charge in [0.2, 0.25) is 0 Å². The van der Waals surface area contributed by atoms with Crippen molar-refractivity contribution in [2.24, 2.45) is 0 Å². The van der Waals surface area contributed by atoms with Gasteiger partial charge >= 0.3 is 0 Å². The van der Waals surface area contributed by atoms with E-state index in [1.165, 1.54) is 12.1 Å². The number of rotatable bonds is 3. The topological polar surface area (TPSA) is 67.6 Å². The van der Waals surface area contributed by atoms with E-state index in [9.17, 15) is 9.90 Å². The number of benzene rings is 1. The van der Waals surface area contributed by atoms with Crippen molar-refractivity contribution < 1.29 is 9.90 Å². The van der Waals surface area contributed by atoms with E-state index in [2.05, 4.69) is 11.0 Å². The normalized spacial score (nSPS) is 16.1. The molecule has 0 aliphatic carbocycles. The summed E-state index contributed by atoms with van der Waals surface area (Å²) in [4.78, 5) is 16.2. The molecule has 5 heteroatoms. The highest BCUT2D eigenvalue weighted by atomic mass is 16.3. The third-order valence-corrected chi connectivity index (χ3v) is 3.31. The first kappa shape index (κ1) is 13.4. The van der Waals surface area contributed by atoms with Crippen LogP contribution in [0, 0.1) is 11.3 Å². The zero-order chi connectivity index (χ0) is 13.7. The molecule has 2 rings (SSSR count). The summed E-state index contributed by atoms with van der Waals surface area (Å²) in [5.74, 6) is 0.165. The van der Waals surface area contributed by atoms with Gasteiger partial charge in [-0.25, -0.2) is 0 Å². The number of piperazine rings is 1. The van der Waals surface area contributed by atoms with Crippen LogP contribution in [0.3, 0.4) is 0 Å². The van der Waals surface area contributed by atoms with Crippen LogP contribution in [0.1, 0.15) is 16.8 Å². The zero-order valence-corrected chi connectivity index (χ0v) is 10.7. The molecule has 0 radical (unpaired) electrons. The van der Waals surface area contributed by atoms with E-state index in [-0.39, 0.29) is 11.7 Å². The van der Waals surface area contributed by atoms with Crippen LogP contribution in [0.5, 0.6) is 5.75 Å². The molecular formula is C14H17N3O2. The molecule has 0 spiro atoms. The molecule has 19 heavy (non-hydrogen) atoms. The average Bonchev–Trinajstić information content (AvgIpc) is 2.46. The Bertz CT molecular complexity index is 470. The lowest BCUT2D eigenvalue weighted by atomic mass is 10.1. The van der Waals surface area contributed by atoms with E-state index < -0.39 is 0 Å². The fraction of sp³-hybridized carbons (Fsp3) is 0.429. The summed E-state index contributed by atoms with van der Waals surface area (Å²) in [6.45, 7) is 3.77. The molecule has 1 saturated heterocycles. The standard InChI is InChI=1S/C14H17N3O2/c15-6-1-7-16-8-10-17(11-9-16)14(19)12-2-4-13(18)5-3-12/h2-5,18H,1,7-11H2. The predicted octanol–water partition coefficient (Wildman–Crippen LogP) is 1.06. The van der Waals surface area contributed by atoms with Crippen molar-refractivity contribution in [2.45, 2.75) is 6.42 Å². The van der Waals surface area contributed by atoms with Crippen LogP contribution < -0.4 is 0 Å². The number of nitriles is 1. The molecule has 100 valence electrons. The Morgan fingerprint density at radius 1 is 1.21 bits per heavy atom. The largest absolute Gasteiger partial charge is 0.508 e. The SMILES string of the molecule is N#CCCN1CCN(C(=O)c2ccc(O)cc2)CC1. The first-order chi connectivity index (χ1) is 9.20. The van der Waals surface area contributed by atoms with Gasteiger partial charge in [-0.05, 0) is 24.3 Å². The van der Waals surface area contributed by atoms with Crippen molar-refractivity contribution in [3.8, 4) is 11.8 Å². The highest BCUT2D eigenvalue weighted by Gasteiger charge is 2.21. The molecular weight excluding hydrogens is 242 g/mol. The van der Waals surface area contributed by atoms with Crippen molar-refractivity contribution in [3.63, 3.8) is 0 Å². The van der Waals surface area contributed by atoms with Crippen LogP contribution in [-0.4, -0.2) is 53.5 Å². The van der Waals surface area contributed by atoms with Gasteiger partial charge in [-0.15, -0.1) is 0 Å². The van der Waals surface area contributed by atoms with Crippen molar-refractivity contribution in [3.05, 3.63) is 29.8 Å². The van der Waals surface area contributed by atoms with Gasteiger partial charge in [-0.2, -0.15) is 5.26 Å². The second-order valence-corrected chi connectivity index (χ2v) is 4.59. The number of phenols is 1. The quantitative estimate of drug-likeness (QED) is 0.881. The zero-order valence-electron chi connectivity index (χ0n) is 10.7. The molecule has 1 N–H and O–H groups in total. The van der Waals surface area contributed by atoms with E-state index in [0.29, 0.717) is 25.1 Å². The van der Waals surface area contributed by atoms with Crippen molar-refractivity contribution >= 4 is 5.91 Å². The Balaban J connectivity index is 1.89. The maximum Gasteiger partial charge on any atom is 0.253 e. The van der Waals surface area contributed by atoms with E-state index >= 15 is 0 Å². The van der Waals surface area contributed by atoms with Gasteiger partial charge in [-0.1, -0.05) is 0 Å². The average molecular weight is 259 g/mol. The molecule has 1 amide bonds. The summed E-state index contributed by atoms with van der Waals surface area (Å²) in [7, 11) is 0. The third kappa shape index (κ3) is 3.46. The molecule has 1 aliphatic rings. The van der Waals surface area contributed by atoms with Gasteiger partial charge in [0.15, 0.2) is 0 Å². The minimum absolute atomic E-state index is 0.0000619. The Hall–Kier alpha value is -2.06. The van der Waals surface area contributed by atoms with Crippen LogP contribution in [-0.2, 0) is 0 Å². The lowest BCUT2D eigenvalue weighted by molar-refractivity contribution is 0.0639. The number of amides is 1. The Kier molecular flexibility index (Phi) is 4.37. The third-order valence-electron chi connectivity index (χ3n) is 3.31. The summed E-state index contributed by atoms with van der Waals surface area (Å²) in [5.41, 5.74) is 0.600. The molecule has 1 fully saturated rings. The molecule has 0 aromatic heterocycles. The Morgan fingerprint density at radius 2 is 1.84 bits per heavy atom. The number of hydrogen-bond acceptors (Lipinski definition) is 4. The number of hydrogen-bond donors (Lipinski definition) is 1. The highest BCUT2D eigenvalue weighted by molar-refractivity contribution is 5.94. The summed E-state index contributed by atoms with van der Waals surface area (Å²) >= 11 is 0. The van der Waals surface area contributed by atoms with E-state index in [1.807, 2.05) is 4.90 Å². The van der Waals surface area contributed by atoms with E-state index in [4.69, 9.17) is 5.26 Å². The van der Waals surface area contributed by atoms with Crippen LogP contribution >= 0.6 is 0 Å². The second kappa shape index (κ2) is 6.21. The maximum absolute atomic E-state index is 12.2. The fourth-order valence-electron chi connectivity index (χ4n) is 2.17. The summed E-state index contributed by atoms with van der Waals surface area (Å²) in [6.07, 6.45) is 0.534. The molecule has 0 unspecified atom stereocenters. The molecule has 0 bridgehead atoms. The van der Waals surface area contributed by atoms with Gasteiger partial charge in [0.05, 0.1) is 6.07 Å². The lowest BCUT2D eigenvalue weighted by Gasteiger charge is -2.34. The minimum Gasteiger partial charge on any atom is -0.508 e. The van der Waals surface area contributed by atoms with Crippen LogP contribution in [0.2, 0.25) is 0 Å². The molecule has 1 aromatic rings. The van der Waals surface area contributed by atoms with Crippen molar-refractivity contribution in [2.75, 3.05) is 32.7 Å². The van der Waals surface area contributed by atoms with Crippen LogP contribution in [0.15, 0.2) is 24.3 Å². The highest BCUT2D eigenvalue weighted by Crippen LogP contribution is 2.13. The van der Waals surface area contributed by atoms with Crippen LogP contribution in [0.4, 0.5) is 0 Å². The summed E-state index contributed by atoms with van der Waals surface area (Å²) < 4.78 is 0. The predicted molar refractivity (Wildman–Crippen MR) is 70.7 cm³/mol. The Morgan fingerprint density at radius 3 is 2.42 bits per heavy atom. The van der Waals surface area contributed by atoms with E-state index in [1.54, 1.807) is 12.1 Å². The number of phenolic OH excluding ortho intramolecular Hbond substituents is 1. The smallest absolute Gasteiger partial charge is 0.253 e. The number of carbonyl (C=O) groups excluding carboxylic acids is 1. The lowest BCUT2D eigenvalue weighted by Crippen LogP contribution is -2.48. The Labute approximate surface area is 112 Å². The molecule has 0 saturated carbocycles. The molecule has 5 nitrogen and oxygen atoms in total. The first-order valence-corrected chi connectivity index (χ1v) is 6.38. The van der Waals surface area contributed by atoms with Crippen molar-refractivity contribution in [1.82, 2.24) is 9.80 Å². The van der Waals surface area contributed by atoms with Crippen LogP contribution in [0.25, 0.3) is 0 Å². The van der Waals surface area contributed by atoms with Gasteiger partial charge < -0.3 is 10.0 Å². The molecule has 1 aromatic carbocycles. The van der Waals surface area contributed by atoms with E-state index in [0.717, 1.165) is 19.6 Å². The summed E-state index contributed by atoms with van der Waals surface area (Å²) in [6, 6.07) is 8.46. The molecule has 1 aliphatic heterocycles. The molecule has 0 atom stereocenters. The van der Waals surface area contributed by atoms with Gasteiger partial charge in [-0.3, -0.25) is 9.69 Å². The molecule has 1 heterocycles. The second-order valence-electron chi connectivity index (χ2n) is 4.59. The van der Waals surface area contributed by atoms with Gasteiger partial charge in [0.1, 0.15) is 5.75 Å².